The number of aromatic nitrogens is 2. The second-order valence-corrected chi connectivity index (χ2v) is 15.7. The zero-order valence-corrected chi connectivity index (χ0v) is 36.7. The molecular weight excluding hydrogens is 902 g/mol. The number of anilines is 4. The summed E-state index contributed by atoms with van der Waals surface area (Å²) in [6, 6.07) is 31.5. The first kappa shape index (κ1) is 49.1. The number of nitrogens with one attached hydrogen (secondary N) is 1. The number of pyridine rings is 2. The molecule has 5 N–H and O–H groups in total. The van der Waals surface area contributed by atoms with Gasteiger partial charge in [-0.1, -0.05) is 24.3 Å². The van der Waals surface area contributed by atoms with Gasteiger partial charge in [0.15, 0.2) is 0 Å². The SMILES string of the molecule is CC(=O)Cl.CC(=O)N1CCN(c2ccc(C(F)(F)F)cc2)c2ccc(-c3cccc(C(N)=O)n3)cc2C1.NC(=O)c1cccc(-c2ccc3c(c2)CNCCN3c2ccc(C(F)(F)F)cc2)n1. The Kier molecular flexibility index (Phi) is 15.3. The number of hydrogen-bond acceptors (Lipinski definition) is 9. The van der Waals surface area contributed by atoms with Crippen LogP contribution in [0.4, 0.5) is 49.1 Å². The van der Waals surface area contributed by atoms with Crippen LogP contribution >= 0.6 is 11.6 Å². The van der Waals surface area contributed by atoms with Gasteiger partial charge in [0.2, 0.25) is 11.1 Å². The van der Waals surface area contributed by atoms with Gasteiger partial charge in [-0.2, -0.15) is 26.3 Å². The normalized spacial score (nSPS) is 13.6. The van der Waals surface area contributed by atoms with Crippen molar-refractivity contribution in [3.05, 3.63) is 155 Å². The standard InChI is InChI=1S/C24H21F3N4O2.C22H19F3N4O.C2H3ClO/c1-15(32)30-11-12-31(19-8-6-18(7-9-19)24(25,26)27)22-10-5-16(13-17(22)14-30)20-3-2-4-21(29-20)23(28)33;23-22(24,25)16-5-7-17(8-6-16)29-11-10-27-13-15-12-14(4-9-20(15)29)18-2-1-3-19(28-18)21(26)30;1-2(3)4/h2-10,13H,11-12,14H2,1H3,(H2,28,33);1-9,12,27H,10-11,13H2,(H2,26,30);1H3. The number of carbonyl (C=O) groups excluding carboxylic acids is 4. The van der Waals surface area contributed by atoms with Gasteiger partial charge in [0.05, 0.1) is 22.5 Å². The molecule has 0 saturated carbocycles. The minimum absolute atomic E-state index is 0.102. The summed E-state index contributed by atoms with van der Waals surface area (Å²) in [6.07, 6.45) is -8.78. The van der Waals surface area contributed by atoms with Crippen LogP contribution in [0.1, 0.15) is 57.1 Å². The zero-order chi connectivity index (χ0) is 48.6. The number of carbonyl (C=O) groups is 4. The molecule has 12 nitrogen and oxygen atoms in total. The number of alkyl halides is 6. The maximum absolute atomic E-state index is 13.0. The molecule has 4 aromatic carbocycles. The number of rotatable bonds is 6. The summed E-state index contributed by atoms with van der Waals surface area (Å²) < 4.78 is 77.7. The molecule has 2 aliphatic rings. The molecule has 6 aromatic rings. The average Bonchev–Trinajstić information content (AvgIpc) is 3.63. The Hall–Kier alpha value is -7.31. The second-order valence-electron chi connectivity index (χ2n) is 15.2. The van der Waals surface area contributed by atoms with Crippen molar-refractivity contribution in [2.24, 2.45) is 11.5 Å². The van der Waals surface area contributed by atoms with Crippen molar-refractivity contribution in [1.29, 1.82) is 0 Å². The Morgan fingerprint density at radius 1 is 0.597 bits per heavy atom. The summed E-state index contributed by atoms with van der Waals surface area (Å²) >= 11 is 4.64. The summed E-state index contributed by atoms with van der Waals surface area (Å²) in [6.45, 7) is 5.85. The molecule has 0 unspecified atom stereocenters. The Balaban J connectivity index is 0.000000206. The smallest absolute Gasteiger partial charge is 0.364 e. The molecule has 0 bridgehead atoms. The number of nitrogens with two attached hydrogens (primary N) is 2. The molecular formula is C48H43ClF6N8O4. The number of hydrogen-bond donors (Lipinski definition) is 3. The van der Waals surface area contributed by atoms with Crippen LogP contribution in [0, 0.1) is 0 Å². The van der Waals surface area contributed by atoms with Gasteiger partial charge in [0.25, 0.3) is 11.8 Å². The van der Waals surface area contributed by atoms with Crippen LogP contribution in [0.5, 0.6) is 0 Å². The molecule has 0 saturated heterocycles. The van der Waals surface area contributed by atoms with E-state index in [2.05, 4.69) is 26.9 Å². The number of amides is 3. The third kappa shape index (κ3) is 12.5. The highest BCUT2D eigenvalue weighted by Crippen LogP contribution is 2.38. The van der Waals surface area contributed by atoms with Crippen LogP contribution in [-0.4, -0.2) is 64.0 Å². The fourth-order valence-corrected chi connectivity index (χ4v) is 7.38. The Morgan fingerprint density at radius 3 is 1.46 bits per heavy atom. The Bertz CT molecular complexity index is 2770. The highest BCUT2D eigenvalue weighted by Gasteiger charge is 2.32. The fraction of sp³-hybridized carbons (Fsp3) is 0.208. The maximum Gasteiger partial charge on any atom is 0.416 e. The van der Waals surface area contributed by atoms with E-state index in [1.54, 1.807) is 35.2 Å². The molecule has 0 spiro atoms. The topological polar surface area (TPSA) is 168 Å². The summed E-state index contributed by atoms with van der Waals surface area (Å²) in [5.41, 5.74) is 17.1. The van der Waals surface area contributed by atoms with Crippen LogP contribution in [0.15, 0.2) is 121 Å². The molecule has 19 heteroatoms. The number of primary amides is 2. The zero-order valence-electron chi connectivity index (χ0n) is 36.0. The van der Waals surface area contributed by atoms with Gasteiger partial charge in [0, 0.05) is 87.0 Å². The van der Waals surface area contributed by atoms with Crippen molar-refractivity contribution < 1.29 is 45.5 Å². The minimum atomic E-state index is -4.41. The van der Waals surface area contributed by atoms with E-state index in [4.69, 9.17) is 11.5 Å². The lowest BCUT2D eigenvalue weighted by atomic mass is 10.0. The quantitative estimate of drug-likeness (QED) is 0.109. The fourth-order valence-electron chi connectivity index (χ4n) is 7.38. The highest BCUT2D eigenvalue weighted by atomic mass is 35.5. The van der Waals surface area contributed by atoms with E-state index in [0.29, 0.717) is 62.0 Å². The third-order valence-corrected chi connectivity index (χ3v) is 10.6. The van der Waals surface area contributed by atoms with Gasteiger partial charge in [-0.05, 0) is 120 Å². The van der Waals surface area contributed by atoms with Crippen LogP contribution in [0.2, 0.25) is 0 Å². The molecule has 0 fully saturated rings. The van der Waals surface area contributed by atoms with Crippen molar-refractivity contribution >= 4 is 57.3 Å². The van der Waals surface area contributed by atoms with Gasteiger partial charge in [-0.15, -0.1) is 0 Å². The van der Waals surface area contributed by atoms with E-state index < -0.39 is 35.3 Å². The molecule has 0 atom stereocenters. The molecule has 348 valence electrons. The minimum Gasteiger partial charge on any atom is -0.364 e. The maximum atomic E-state index is 13.0. The number of fused-ring (bicyclic) bond motifs is 2. The van der Waals surface area contributed by atoms with Crippen LogP contribution in [-0.2, 0) is 35.0 Å². The first-order valence-corrected chi connectivity index (χ1v) is 20.9. The van der Waals surface area contributed by atoms with Gasteiger partial charge in [-0.3, -0.25) is 19.2 Å². The lowest BCUT2D eigenvalue weighted by Crippen LogP contribution is -2.32. The highest BCUT2D eigenvalue weighted by molar-refractivity contribution is 6.62. The van der Waals surface area contributed by atoms with Gasteiger partial charge in [0.1, 0.15) is 11.4 Å². The number of nitrogens with zero attached hydrogens (tertiary/aromatic N) is 5. The van der Waals surface area contributed by atoms with E-state index in [1.807, 2.05) is 46.2 Å². The number of halogens is 7. The molecule has 2 aliphatic heterocycles. The lowest BCUT2D eigenvalue weighted by molar-refractivity contribution is -0.138. The van der Waals surface area contributed by atoms with E-state index in [1.165, 1.54) is 44.2 Å². The van der Waals surface area contributed by atoms with Crippen LogP contribution in [0.3, 0.4) is 0 Å². The van der Waals surface area contributed by atoms with Gasteiger partial charge < -0.3 is 31.5 Å². The molecule has 67 heavy (non-hydrogen) atoms. The first-order valence-electron chi connectivity index (χ1n) is 20.5. The lowest BCUT2D eigenvalue weighted by Gasteiger charge is -2.25. The first-order chi connectivity index (χ1) is 31.7. The van der Waals surface area contributed by atoms with E-state index in [9.17, 15) is 45.5 Å². The third-order valence-electron chi connectivity index (χ3n) is 10.6. The summed E-state index contributed by atoms with van der Waals surface area (Å²) in [7, 11) is 0. The predicted molar refractivity (Wildman–Crippen MR) is 243 cm³/mol. The average molecular weight is 945 g/mol. The molecule has 2 aromatic heterocycles. The Morgan fingerprint density at radius 2 is 1.03 bits per heavy atom. The summed E-state index contributed by atoms with van der Waals surface area (Å²) in [5.74, 6) is -1.33. The summed E-state index contributed by atoms with van der Waals surface area (Å²) in [4.78, 5) is 58.5. The summed E-state index contributed by atoms with van der Waals surface area (Å²) in [5, 5.41) is 2.97. The van der Waals surface area contributed by atoms with E-state index in [-0.39, 0.29) is 22.5 Å². The van der Waals surface area contributed by atoms with Crippen molar-refractivity contribution in [2.45, 2.75) is 39.3 Å². The van der Waals surface area contributed by atoms with Crippen molar-refractivity contribution in [3.8, 4) is 22.5 Å². The molecule has 3 amide bonds. The van der Waals surface area contributed by atoms with Crippen molar-refractivity contribution in [3.63, 3.8) is 0 Å². The predicted octanol–water partition coefficient (Wildman–Crippen LogP) is 9.25. The largest absolute Gasteiger partial charge is 0.416 e. The Labute approximate surface area is 386 Å². The molecule has 4 heterocycles. The monoisotopic (exact) mass is 944 g/mol. The van der Waals surface area contributed by atoms with Crippen molar-refractivity contribution in [2.75, 3.05) is 36.0 Å². The molecule has 0 radical (unpaired) electrons. The number of benzene rings is 4. The molecule has 8 rings (SSSR count). The van der Waals surface area contributed by atoms with Crippen LogP contribution < -0.4 is 26.6 Å². The second kappa shape index (κ2) is 20.9. The van der Waals surface area contributed by atoms with Gasteiger partial charge in [-0.25, -0.2) is 9.97 Å². The van der Waals surface area contributed by atoms with E-state index in [0.717, 1.165) is 57.9 Å². The van der Waals surface area contributed by atoms with Crippen LogP contribution in [0.25, 0.3) is 22.5 Å². The van der Waals surface area contributed by atoms with Gasteiger partial charge >= 0.3 is 12.4 Å². The molecule has 0 aliphatic carbocycles. The van der Waals surface area contributed by atoms with Crippen molar-refractivity contribution in [1.82, 2.24) is 20.2 Å². The van der Waals surface area contributed by atoms with E-state index >= 15 is 0 Å².